The predicted molar refractivity (Wildman–Crippen MR) is 148 cm³/mol. The Kier molecular flexibility index (Phi) is 9.71. The molecule has 0 fully saturated rings. The van der Waals surface area contributed by atoms with E-state index in [0.717, 1.165) is 5.69 Å². The Morgan fingerprint density at radius 3 is 1.74 bits per heavy atom. The molecule has 1 N–H and O–H groups in total. The second-order valence-corrected chi connectivity index (χ2v) is 15.6. The predicted octanol–water partition coefficient (Wildman–Crippen LogP) is 5.72. The van der Waals surface area contributed by atoms with Gasteiger partial charge >= 0.3 is 11.9 Å². The smallest absolute Gasteiger partial charge is 0.357 e. The van der Waals surface area contributed by atoms with Crippen molar-refractivity contribution in [3.8, 4) is 0 Å². The highest BCUT2D eigenvalue weighted by Gasteiger charge is 2.37. The van der Waals surface area contributed by atoms with Gasteiger partial charge in [0, 0.05) is 0 Å². The minimum atomic E-state index is -1.94. The minimum absolute atomic E-state index is 0.0261. The van der Waals surface area contributed by atoms with E-state index < -0.39 is 32.5 Å². The Morgan fingerprint density at radius 1 is 0.795 bits per heavy atom. The maximum absolute atomic E-state index is 12.9. The average molecular weight is 552 g/mol. The van der Waals surface area contributed by atoms with Crippen molar-refractivity contribution in [3.63, 3.8) is 0 Å². The number of ether oxygens (including phenoxy) is 2. The van der Waals surface area contributed by atoms with E-state index in [9.17, 15) is 14.7 Å². The molecule has 3 rings (SSSR count). The van der Waals surface area contributed by atoms with E-state index >= 15 is 0 Å². The fraction of sp³-hybridized carbons (Fsp3) is 0.414. The number of nitrogens with zero attached hydrogens (tertiary/aromatic N) is 3. The maximum Gasteiger partial charge on any atom is 0.357 e. The molecule has 3 heterocycles. The van der Waals surface area contributed by atoms with Gasteiger partial charge in [0.25, 0.3) is 0 Å². The van der Waals surface area contributed by atoms with Crippen LogP contribution in [0.2, 0.25) is 18.1 Å². The molecule has 208 valence electrons. The van der Waals surface area contributed by atoms with Gasteiger partial charge in [0.1, 0.15) is 23.6 Å². The van der Waals surface area contributed by atoms with Gasteiger partial charge in [-0.3, -0.25) is 9.97 Å². The van der Waals surface area contributed by atoms with E-state index in [4.69, 9.17) is 13.9 Å². The van der Waals surface area contributed by atoms with Crippen molar-refractivity contribution in [2.45, 2.75) is 78.2 Å². The summed E-state index contributed by atoms with van der Waals surface area (Å²) in [5.41, 5.74) is 2.24. The molecule has 39 heavy (non-hydrogen) atoms. The molecule has 0 bridgehead atoms. The zero-order chi connectivity index (χ0) is 28.8. The highest BCUT2D eigenvalue weighted by Crippen LogP contribution is 2.37. The lowest BCUT2D eigenvalue weighted by atomic mass is 10.2. The SMILES string of the molecule is C[C@H](OC(=O)c1cccc(C(=O)O[C@H](C)c2cccc(CO)n2)n1)c1cccc(CO[Si](C)(C)C(C)(C)C)n1. The zero-order valence-corrected chi connectivity index (χ0v) is 24.6. The van der Waals surface area contributed by atoms with Crippen LogP contribution < -0.4 is 0 Å². The Labute approximate surface area is 230 Å². The number of aliphatic hydroxyl groups is 1. The summed E-state index contributed by atoms with van der Waals surface area (Å²) in [6.07, 6.45) is -1.33. The van der Waals surface area contributed by atoms with E-state index in [1.165, 1.54) is 18.2 Å². The third-order valence-electron chi connectivity index (χ3n) is 6.77. The van der Waals surface area contributed by atoms with Gasteiger partial charge in [0.15, 0.2) is 8.32 Å². The van der Waals surface area contributed by atoms with E-state index in [1.54, 1.807) is 38.1 Å². The van der Waals surface area contributed by atoms with Crippen LogP contribution >= 0.6 is 0 Å². The summed E-state index contributed by atoms with van der Waals surface area (Å²) in [4.78, 5) is 38.6. The molecular formula is C29H37N3O6Si. The maximum atomic E-state index is 12.9. The number of pyridine rings is 3. The minimum Gasteiger partial charge on any atom is -0.451 e. The van der Waals surface area contributed by atoms with Gasteiger partial charge in [0.2, 0.25) is 0 Å². The van der Waals surface area contributed by atoms with Gasteiger partial charge in [-0.05, 0) is 68.4 Å². The van der Waals surface area contributed by atoms with Crippen LogP contribution in [0.4, 0.5) is 0 Å². The second kappa shape index (κ2) is 12.6. The quantitative estimate of drug-likeness (QED) is 0.249. The molecule has 0 spiro atoms. The van der Waals surface area contributed by atoms with Gasteiger partial charge < -0.3 is 19.0 Å². The highest BCUT2D eigenvalue weighted by molar-refractivity contribution is 6.74. The van der Waals surface area contributed by atoms with Gasteiger partial charge in [0.05, 0.1) is 36.0 Å². The summed E-state index contributed by atoms with van der Waals surface area (Å²) in [6, 6.07) is 15.1. The molecule has 0 aromatic carbocycles. The van der Waals surface area contributed by atoms with Crippen LogP contribution in [0.5, 0.6) is 0 Å². The van der Waals surface area contributed by atoms with Crippen LogP contribution in [0.1, 0.15) is 90.6 Å². The van der Waals surface area contributed by atoms with Crippen molar-refractivity contribution in [2.75, 3.05) is 0 Å². The number of hydrogen-bond acceptors (Lipinski definition) is 9. The third kappa shape index (κ3) is 8.01. The lowest BCUT2D eigenvalue weighted by molar-refractivity contribution is 0.0313. The van der Waals surface area contributed by atoms with E-state index in [2.05, 4.69) is 48.8 Å². The third-order valence-corrected chi connectivity index (χ3v) is 11.3. The van der Waals surface area contributed by atoms with Crippen LogP contribution in [-0.2, 0) is 27.1 Å². The fourth-order valence-electron chi connectivity index (χ4n) is 3.31. The van der Waals surface area contributed by atoms with Crippen molar-refractivity contribution in [3.05, 3.63) is 88.8 Å². The van der Waals surface area contributed by atoms with Crippen molar-refractivity contribution in [1.82, 2.24) is 15.0 Å². The molecule has 0 unspecified atom stereocenters. The Bertz CT molecular complexity index is 1310. The Hall–Kier alpha value is -3.47. The van der Waals surface area contributed by atoms with Gasteiger partial charge in [-0.15, -0.1) is 0 Å². The highest BCUT2D eigenvalue weighted by atomic mass is 28.4. The molecule has 0 saturated heterocycles. The van der Waals surface area contributed by atoms with Crippen LogP contribution in [0.25, 0.3) is 0 Å². The topological polar surface area (TPSA) is 121 Å². The van der Waals surface area contributed by atoms with Crippen LogP contribution in [0.15, 0.2) is 54.6 Å². The Morgan fingerprint density at radius 2 is 1.26 bits per heavy atom. The summed E-state index contributed by atoms with van der Waals surface area (Å²) in [6.45, 7) is 14.5. The van der Waals surface area contributed by atoms with Crippen molar-refractivity contribution in [1.29, 1.82) is 0 Å². The average Bonchev–Trinajstić information content (AvgIpc) is 2.91. The molecule has 2 atom stereocenters. The van der Waals surface area contributed by atoms with Crippen LogP contribution in [0.3, 0.4) is 0 Å². The van der Waals surface area contributed by atoms with Crippen molar-refractivity contribution >= 4 is 20.3 Å². The van der Waals surface area contributed by atoms with Gasteiger partial charge in [-0.25, -0.2) is 14.6 Å². The van der Waals surface area contributed by atoms with E-state index in [-0.39, 0.29) is 23.0 Å². The van der Waals surface area contributed by atoms with E-state index in [1.807, 2.05) is 12.1 Å². The van der Waals surface area contributed by atoms with Crippen molar-refractivity contribution in [2.24, 2.45) is 0 Å². The summed E-state index contributed by atoms with van der Waals surface area (Å²) in [7, 11) is -1.94. The first-order valence-electron chi connectivity index (χ1n) is 12.9. The first kappa shape index (κ1) is 30.1. The summed E-state index contributed by atoms with van der Waals surface area (Å²) in [5, 5.41) is 9.37. The van der Waals surface area contributed by atoms with Crippen LogP contribution in [-0.4, -0.2) is 40.3 Å². The summed E-state index contributed by atoms with van der Waals surface area (Å²) < 4.78 is 17.3. The summed E-state index contributed by atoms with van der Waals surface area (Å²) >= 11 is 0. The number of rotatable bonds is 10. The number of esters is 2. The number of aliphatic hydroxyl groups excluding tert-OH is 1. The normalized spacial score (nSPS) is 13.4. The first-order chi connectivity index (χ1) is 18.3. The lowest BCUT2D eigenvalue weighted by Gasteiger charge is -2.36. The number of aromatic nitrogens is 3. The number of carbonyl (C=O) groups is 2. The fourth-order valence-corrected chi connectivity index (χ4v) is 4.25. The lowest BCUT2D eigenvalue weighted by Crippen LogP contribution is -2.40. The molecule has 0 aliphatic heterocycles. The molecule has 0 saturated carbocycles. The molecule has 0 radical (unpaired) electrons. The molecule has 0 aliphatic carbocycles. The first-order valence-corrected chi connectivity index (χ1v) is 15.8. The number of hydrogen-bond donors (Lipinski definition) is 1. The van der Waals surface area contributed by atoms with Gasteiger partial charge in [-0.2, -0.15) is 0 Å². The largest absolute Gasteiger partial charge is 0.451 e. The van der Waals surface area contributed by atoms with E-state index in [0.29, 0.717) is 23.7 Å². The molecule has 9 nitrogen and oxygen atoms in total. The molecule has 3 aromatic heterocycles. The van der Waals surface area contributed by atoms with Crippen LogP contribution in [0, 0.1) is 0 Å². The molecule has 0 aliphatic rings. The number of carbonyl (C=O) groups excluding carboxylic acids is 2. The molecule has 10 heteroatoms. The summed E-state index contributed by atoms with van der Waals surface area (Å²) in [5.74, 6) is -1.40. The second-order valence-electron chi connectivity index (χ2n) is 10.8. The van der Waals surface area contributed by atoms with Gasteiger partial charge in [-0.1, -0.05) is 39.0 Å². The molecular weight excluding hydrogens is 514 g/mol. The zero-order valence-electron chi connectivity index (χ0n) is 23.6. The molecule has 0 amide bonds. The monoisotopic (exact) mass is 551 g/mol. The molecule has 3 aromatic rings. The van der Waals surface area contributed by atoms with Crippen molar-refractivity contribution < 1.29 is 28.6 Å². The standard InChI is InChI=1S/C29H37N3O6Si/c1-19(23-13-8-11-21(17-33)30-23)37-27(34)25-15-10-16-26(32-25)28(35)38-20(2)24-14-9-12-22(31-24)18-36-39(6,7)29(3,4)5/h8-16,19-20,33H,17-18H2,1-7H3/t19-,20+/m1/s1. The Balaban J connectivity index is 1.64.